The summed E-state index contributed by atoms with van der Waals surface area (Å²) in [5, 5.41) is 18.9. The highest BCUT2D eigenvalue weighted by Gasteiger charge is 2.33. The number of hydrogen-bond acceptors (Lipinski definition) is 8. The standard InChI is InChI=1S/C28H29N5O7S/c1-18-8-9-19(2)23(15-18)32-28(20(3)26(30-32)27(34)29-17-22-7-6-14-39-22)40-24-11-10-21(33(35)36)16-25(24)41(37,38)31-12-4-5-13-31/h6-11,14-16H,4-5,12-13,17H2,1-3H3,(H,29,34). The van der Waals surface area contributed by atoms with E-state index in [2.05, 4.69) is 10.4 Å². The molecule has 0 atom stereocenters. The molecule has 0 spiro atoms. The van der Waals surface area contributed by atoms with Crippen LogP contribution in [0, 0.1) is 30.9 Å². The van der Waals surface area contributed by atoms with Crippen molar-refractivity contribution in [2.75, 3.05) is 13.1 Å². The molecule has 1 aliphatic rings. The molecule has 1 aliphatic heterocycles. The fraction of sp³-hybridized carbons (Fsp3) is 0.286. The van der Waals surface area contributed by atoms with E-state index in [9.17, 15) is 23.3 Å². The van der Waals surface area contributed by atoms with Crippen LogP contribution < -0.4 is 10.1 Å². The van der Waals surface area contributed by atoms with Crippen LogP contribution in [-0.2, 0) is 16.6 Å². The van der Waals surface area contributed by atoms with Crippen molar-refractivity contribution in [3.8, 4) is 17.3 Å². The molecule has 4 aromatic rings. The highest BCUT2D eigenvalue weighted by Crippen LogP contribution is 2.38. The second kappa shape index (κ2) is 11.2. The summed E-state index contributed by atoms with van der Waals surface area (Å²) in [6.45, 7) is 6.19. The maximum Gasteiger partial charge on any atom is 0.272 e. The first-order valence-electron chi connectivity index (χ1n) is 13.0. The number of nitro groups is 1. The summed E-state index contributed by atoms with van der Waals surface area (Å²) in [5.41, 5.74) is 2.43. The van der Waals surface area contributed by atoms with Crippen LogP contribution in [0.15, 0.2) is 64.1 Å². The monoisotopic (exact) mass is 579 g/mol. The number of benzene rings is 2. The van der Waals surface area contributed by atoms with Gasteiger partial charge in [-0.25, -0.2) is 8.42 Å². The predicted molar refractivity (Wildman–Crippen MR) is 149 cm³/mol. The zero-order valence-corrected chi connectivity index (χ0v) is 23.6. The Bertz CT molecular complexity index is 1720. The Kier molecular flexibility index (Phi) is 7.65. The maximum absolute atomic E-state index is 13.6. The Hall–Kier alpha value is -4.49. The quantitative estimate of drug-likeness (QED) is 0.219. The van der Waals surface area contributed by atoms with Gasteiger partial charge in [0, 0.05) is 30.8 Å². The van der Waals surface area contributed by atoms with Crippen molar-refractivity contribution < 1.29 is 27.3 Å². The highest BCUT2D eigenvalue weighted by molar-refractivity contribution is 7.89. The number of furan rings is 1. The molecule has 0 unspecified atom stereocenters. The molecule has 0 saturated carbocycles. The third-order valence-corrected chi connectivity index (χ3v) is 8.83. The van der Waals surface area contributed by atoms with Gasteiger partial charge in [-0.2, -0.15) is 14.1 Å². The first-order chi connectivity index (χ1) is 19.6. The van der Waals surface area contributed by atoms with Gasteiger partial charge in [-0.15, -0.1) is 0 Å². The number of amides is 1. The smallest absolute Gasteiger partial charge is 0.272 e. The van der Waals surface area contributed by atoms with Crippen LogP contribution in [0.2, 0.25) is 0 Å². The number of hydrogen-bond donors (Lipinski definition) is 1. The summed E-state index contributed by atoms with van der Waals surface area (Å²) in [5.74, 6) is 0.0682. The number of carbonyl (C=O) groups is 1. The molecule has 2 aromatic heterocycles. The van der Waals surface area contributed by atoms with Gasteiger partial charge in [0.25, 0.3) is 11.6 Å². The molecule has 1 N–H and O–H groups in total. The number of nitrogens with zero attached hydrogens (tertiary/aromatic N) is 4. The second-order valence-corrected chi connectivity index (χ2v) is 11.8. The van der Waals surface area contributed by atoms with Crippen LogP contribution in [0.5, 0.6) is 11.6 Å². The third kappa shape index (κ3) is 5.58. The molecular weight excluding hydrogens is 550 g/mol. The topological polar surface area (TPSA) is 150 Å². The van der Waals surface area contributed by atoms with Crippen LogP contribution in [0.4, 0.5) is 5.69 Å². The van der Waals surface area contributed by atoms with Crippen molar-refractivity contribution in [1.29, 1.82) is 0 Å². The van der Waals surface area contributed by atoms with Gasteiger partial charge in [-0.3, -0.25) is 14.9 Å². The fourth-order valence-corrected chi connectivity index (χ4v) is 6.31. The largest absolute Gasteiger partial charge is 0.467 e. The summed E-state index contributed by atoms with van der Waals surface area (Å²) in [4.78, 5) is 23.8. The molecule has 0 radical (unpaired) electrons. The Balaban J connectivity index is 1.62. The minimum Gasteiger partial charge on any atom is -0.467 e. The lowest BCUT2D eigenvalue weighted by Crippen LogP contribution is -2.28. The third-order valence-electron chi connectivity index (χ3n) is 6.91. The van der Waals surface area contributed by atoms with Crippen molar-refractivity contribution in [2.45, 2.75) is 45.1 Å². The lowest BCUT2D eigenvalue weighted by Gasteiger charge is -2.19. The number of aromatic nitrogens is 2. The van der Waals surface area contributed by atoms with Gasteiger partial charge in [0.2, 0.25) is 15.9 Å². The van der Waals surface area contributed by atoms with E-state index in [0.29, 0.717) is 42.9 Å². The Morgan fingerprint density at radius 1 is 1.12 bits per heavy atom. The normalized spacial score (nSPS) is 13.8. The van der Waals surface area contributed by atoms with E-state index in [4.69, 9.17) is 9.15 Å². The van der Waals surface area contributed by atoms with Crippen molar-refractivity contribution in [3.05, 3.63) is 93.1 Å². The average Bonchev–Trinajstić information content (AvgIpc) is 3.72. The predicted octanol–water partition coefficient (Wildman–Crippen LogP) is 4.81. The van der Waals surface area contributed by atoms with E-state index in [-0.39, 0.29) is 34.5 Å². The summed E-state index contributed by atoms with van der Waals surface area (Å²) in [6, 6.07) is 12.6. The number of non-ortho nitro benzene ring substituents is 1. The first-order valence-corrected chi connectivity index (χ1v) is 14.4. The molecule has 1 saturated heterocycles. The van der Waals surface area contributed by atoms with E-state index >= 15 is 0 Å². The molecule has 12 nitrogen and oxygen atoms in total. The van der Waals surface area contributed by atoms with Crippen molar-refractivity contribution in [2.24, 2.45) is 0 Å². The van der Waals surface area contributed by atoms with Crippen LogP contribution in [0.3, 0.4) is 0 Å². The number of sulfonamides is 1. The van der Waals surface area contributed by atoms with Crippen LogP contribution in [0.1, 0.15) is 45.8 Å². The summed E-state index contributed by atoms with van der Waals surface area (Å²) < 4.78 is 41.5. The first kappa shape index (κ1) is 28.1. The van der Waals surface area contributed by atoms with Crippen LogP contribution in [0.25, 0.3) is 5.69 Å². The van der Waals surface area contributed by atoms with Gasteiger partial charge < -0.3 is 14.5 Å². The molecule has 0 bridgehead atoms. The molecule has 1 amide bonds. The van der Waals surface area contributed by atoms with Crippen molar-refractivity contribution >= 4 is 21.6 Å². The summed E-state index contributed by atoms with van der Waals surface area (Å²) in [6.07, 6.45) is 2.89. The minimum absolute atomic E-state index is 0.0679. The van der Waals surface area contributed by atoms with Crippen molar-refractivity contribution in [3.63, 3.8) is 0 Å². The molecule has 2 aromatic carbocycles. The second-order valence-electron chi connectivity index (χ2n) is 9.84. The van der Waals surface area contributed by atoms with Gasteiger partial charge >= 0.3 is 0 Å². The van der Waals surface area contributed by atoms with Gasteiger partial charge in [0.05, 0.1) is 23.4 Å². The number of ether oxygens (including phenoxy) is 1. The highest BCUT2D eigenvalue weighted by atomic mass is 32.2. The number of aryl methyl sites for hydroxylation is 2. The number of rotatable bonds is 9. The van der Waals surface area contributed by atoms with Gasteiger partial charge in [0.1, 0.15) is 16.4 Å². The van der Waals surface area contributed by atoms with E-state index in [1.165, 1.54) is 27.4 Å². The zero-order valence-electron chi connectivity index (χ0n) is 22.8. The van der Waals surface area contributed by atoms with Gasteiger partial charge in [-0.05, 0) is 69.0 Å². The minimum atomic E-state index is -4.11. The summed E-state index contributed by atoms with van der Waals surface area (Å²) in [7, 11) is -4.11. The maximum atomic E-state index is 13.6. The number of nitro benzene ring substituents is 1. The Morgan fingerprint density at radius 2 is 1.88 bits per heavy atom. The Morgan fingerprint density at radius 3 is 2.56 bits per heavy atom. The molecule has 13 heteroatoms. The molecular formula is C28H29N5O7S. The van der Waals surface area contributed by atoms with Crippen LogP contribution in [-0.4, -0.2) is 46.4 Å². The molecule has 5 rings (SSSR count). The number of nitrogens with one attached hydrogen (secondary N) is 1. The lowest BCUT2D eigenvalue weighted by atomic mass is 10.1. The van der Waals surface area contributed by atoms with E-state index in [1.54, 1.807) is 19.1 Å². The fourth-order valence-electron chi connectivity index (χ4n) is 4.66. The summed E-state index contributed by atoms with van der Waals surface area (Å²) >= 11 is 0. The van der Waals surface area contributed by atoms with Crippen LogP contribution >= 0.6 is 0 Å². The van der Waals surface area contributed by atoms with E-state index in [0.717, 1.165) is 17.2 Å². The molecule has 214 valence electrons. The molecule has 3 heterocycles. The van der Waals surface area contributed by atoms with Gasteiger partial charge in [-0.1, -0.05) is 12.1 Å². The SMILES string of the molecule is Cc1ccc(C)c(-n2nc(C(=O)NCc3ccco3)c(C)c2Oc2ccc([N+](=O)[O-])cc2S(=O)(=O)N2CCCC2)c1. The van der Waals surface area contributed by atoms with E-state index < -0.39 is 20.9 Å². The molecule has 0 aliphatic carbocycles. The molecule has 1 fully saturated rings. The molecule has 41 heavy (non-hydrogen) atoms. The van der Waals surface area contributed by atoms with Gasteiger partial charge in [0.15, 0.2) is 5.69 Å². The lowest BCUT2D eigenvalue weighted by molar-refractivity contribution is -0.385. The zero-order chi connectivity index (χ0) is 29.3. The number of carbonyl (C=O) groups excluding carboxylic acids is 1. The average molecular weight is 580 g/mol. The van der Waals surface area contributed by atoms with E-state index in [1.807, 2.05) is 32.0 Å². The Labute approximate surface area is 236 Å². The van der Waals surface area contributed by atoms with Crippen molar-refractivity contribution in [1.82, 2.24) is 19.4 Å².